The number of rotatable bonds is 5. The van der Waals surface area contributed by atoms with Crippen LogP contribution in [0.25, 0.3) is 11.4 Å². The molecule has 0 aliphatic heterocycles. The van der Waals surface area contributed by atoms with E-state index in [1.165, 1.54) is 0 Å². The molecule has 5 nitrogen and oxygen atoms in total. The summed E-state index contributed by atoms with van der Waals surface area (Å²) in [6.45, 7) is 2.07. The lowest BCUT2D eigenvalue weighted by atomic mass is 10.1. The van der Waals surface area contributed by atoms with Crippen molar-refractivity contribution < 1.29 is 9.47 Å². The van der Waals surface area contributed by atoms with Crippen LogP contribution >= 0.6 is 0 Å². The maximum absolute atomic E-state index is 5.32. The smallest absolute Gasteiger partial charge is 0.161 e. The van der Waals surface area contributed by atoms with Gasteiger partial charge in [-0.3, -0.25) is 0 Å². The normalized spacial score (nSPS) is 10.2. The third kappa shape index (κ3) is 2.82. The molecule has 1 heterocycles. The molecule has 106 valence electrons. The summed E-state index contributed by atoms with van der Waals surface area (Å²) in [5, 5.41) is 3.06. The predicted octanol–water partition coefficient (Wildman–Crippen LogP) is 2.76. The Kier molecular flexibility index (Phi) is 4.40. The van der Waals surface area contributed by atoms with Crippen molar-refractivity contribution in [2.75, 3.05) is 26.6 Å². The van der Waals surface area contributed by atoms with Crippen LogP contribution in [-0.4, -0.2) is 31.2 Å². The first-order valence-electron chi connectivity index (χ1n) is 6.50. The Morgan fingerprint density at radius 1 is 1.05 bits per heavy atom. The molecule has 5 heteroatoms. The summed E-state index contributed by atoms with van der Waals surface area (Å²) in [7, 11) is 5.08. The first-order chi connectivity index (χ1) is 9.71. The Labute approximate surface area is 119 Å². The van der Waals surface area contributed by atoms with Gasteiger partial charge in [0.05, 0.1) is 14.2 Å². The zero-order valence-electron chi connectivity index (χ0n) is 12.2. The molecule has 0 fully saturated rings. The molecule has 0 saturated carbocycles. The van der Waals surface area contributed by atoms with Crippen LogP contribution in [-0.2, 0) is 6.42 Å². The van der Waals surface area contributed by atoms with E-state index in [2.05, 4.69) is 22.2 Å². The van der Waals surface area contributed by atoms with E-state index in [1.54, 1.807) is 14.2 Å². The van der Waals surface area contributed by atoms with Gasteiger partial charge in [0.25, 0.3) is 0 Å². The van der Waals surface area contributed by atoms with Crippen molar-refractivity contribution in [3.8, 4) is 22.9 Å². The summed E-state index contributed by atoms with van der Waals surface area (Å²) in [6.07, 6.45) is 0.859. The van der Waals surface area contributed by atoms with Crippen molar-refractivity contribution in [1.29, 1.82) is 0 Å². The molecule has 2 rings (SSSR count). The van der Waals surface area contributed by atoms with Gasteiger partial charge in [-0.25, -0.2) is 9.97 Å². The summed E-state index contributed by atoms with van der Waals surface area (Å²) in [5.41, 5.74) is 1.89. The Hall–Kier alpha value is -2.30. The summed E-state index contributed by atoms with van der Waals surface area (Å²) in [6, 6.07) is 7.61. The van der Waals surface area contributed by atoms with E-state index in [9.17, 15) is 0 Å². The van der Waals surface area contributed by atoms with E-state index in [0.717, 1.165) is 23.5 Å². The Morgan fingerprint density at radius 3 is 2.40 bits per heavy atom. The summed E-state index contributed by atoms with van der Waals surface area (Å²) in [5.74, 6) is 2.84. The minimum atomic E-state index is 0.668. The van der Waals surface area contributed by atoms with Crippen molar-refractivity contribution in [3.63, 3.8) is 0 Å². The fourth-order valence-corrected chi connectivity index (χ4v) is 1.91. The van der Waals surface area contributed by atoms with Crippen molar-refractivity contribution >= 4 is 5.82 Å². The van der Waals surface area contributed by atoms with Crippen LogP contribution in [0, 0.1) is 0 Å². The number of nitrogens with one attached hydrogen (secondary N) is 1. The van der Waals surface area contributed by atoms with E-state index in [0.29, 0.717) is 17.3 Å². The number of hydrogen-bond acceptors (Lipinski definition) is 5. The van der Waals surface area contributed by atoms with Gasteiger partial charge >= 0.3 is 0 Å². The average Bonchev–Trinajstić information content (AvgIpc) is 2.53. The van der Waals surface area contributed by atoms with Gasteiger partial charge in [-0.2, -0.15) is 0 Å². The van der Waals surface area contributed by atoms with Crippen molar-refractivity contribution in [1.82, 2.24) is 9.97 Å². The van der Waals surface area contributed by atoms with Crippen molar-refractivity contribution in [3.05, 3.63) is 30.0 Å². The SMILES string of the molecule is CCc1cc(NC)nc(-c2ccc(OC)c(OC)c2)n1. The maximum Gasteiger partial charge on any atom is 0.161 e. The molecule has 0 saturated heterocycles. The molecule has 1 N–H and O–H groups in total. The highest BCUT2D eigenvalue weighted by Crippen LogP contribution is 2.31. The van der Waals surface area contributed by atoms with Crippen molar-refractivity contribution in [2.45, 2.75) is 13.3 Å². The lowest BCUT2D eigenvalue weighted by molar-refractivity contribution is 0.355. The number of anilines is 1. The fourth-order valence-electron chi connectivity index (χ4n) is 1.91. The molecule has 1 aromatic carbocycles. The molecule has 0 bridgehead atoms. The largest absolute Gasteiger partial charge is 0.493 e. The number of hydrogen-bond donors (Lipinski definition) is 1. The lowest BCUT2D eigenvalue weighted by Gasteiger charge is -2.10. The molecule has 20 heavy (non-hydrogen) atoms. The quantitative estimate of drug-likeness (QED) is 0.907. The highest BCUT2D eigenvalue weighted by Gasteiger charge is 2.10. The number of methoxy groups -OCH3 is 2. The molecule has 0 radical (unpaired) electrons. The van der Waals surface area contributed by atoms with Crippen LogP contribution in [0.1, 0.15) is 12.6 Å². The Bertz CT molecular complexity index is 577. The second-order valence-electron chi connectivity index (χ2n) is 4.24. The van der Waals surface area contributed by atoms with E-state index in [-0.39, 0.29) is 0 Å². The predicted molar refractivity (Wildman–Crippen MR) is 79.5 cm³/mol. The van der Waals surface area contributed by atoms with Crippen LogP contribution in [0.5, 0.6) is 11.5 Å². The third-order valence-corrected chi connectivity index (χ3v) is 3.04. The van der Waals surface area contributed by atoms with E-state index in [1.807, 2.05) is 31.3 Å². The highest BCUT2D eigenvalue weighted by atomic mass is 16.5. The van der Waals surface area contributed by atoms with Gasteiger partial charge in [0.1, 0.15) is 5.82 Å². The molecule has 2 aromatic rings. The topological polar surface area (TPSA) is 56.3 Å². The molecule has 0 atom stereocenters. The molecule has 0 spiro atoms. The lowest BCUT2D eigenvalue weighted by Crippen LogP contribution is -2.00. The average molecular weight is 273 g/mol. The number of aryl methyl sites for hydroxylation is 1. The van der Waals surface area contributed by atoms with Crippen LogP contribution in [0.3, 0.4) is 0 Å². The second kappa shape index (κ2) is 6.23. The van der Waals surface area contributed by atoms with Crippen molar-refractivity contribution in [2.24, 2.45) is 0 Å². The van der Waals surface area contributed by atoms with Gasteiger partial charge in [0.15, 0.2) is 17.3 Å². The third-order valence-electron chi connectivity index (χ3n) is 3.04. The second-order valence-corrected chi connectivity index (χ2v) is 4.24. The molecule has 1 aromatic heterocycles. The van der Waals surface area contributed by atoms with Gasteiger partial charge in [0.2, 0.25) is 0 Å². The fraction of sp³-hybridized carbons (Fsp3) is 0.333. The standard InChI is InChI=1S/C15H19N3O2/c1-5-11-9-14(16-2)18-15(17-11)10-6-7-12(19-3)13(8-10)20-4/h6-9H,5H2,1-4H3,(H,16,17,18). The molecule has 0 unspecified atom stereocenters. The van der Waals surface area contributed by atoms with Gasteiger partial charge in [-0.05, 0) is 24.6 Å². The summed E-state index contributed by atoms with van der Waals surface area (Å²) >= 11 is 0. The molecular weight excluding hydrogens is 254 g/mol. The number of aromatic nitrogens is 2. The molecular formula is C15H19N3O2. The number of nitrogens with zero attached hydrogens (tertiary/aromatic N) is 2. The number of benzene rings is 1. The van der Waals surface area contributed by atoms with Gasteiger partial charge in [0, 0.05) is 24.4 Å². The van der Waals surface area contributed by atoms with E-state index >= 15 is 0 Å². The van der Waals surface area contributed by atoms with Gasteiger partial charge < -0.3 is 14.8 Å². The minimum Gasteiger partial charge on any atom is -0.493 e. The van der Waals surface area contributed by atoms with Crippen LogP contribution in [0.15, 0.2) is 24.3 Å². The van der Waals surface area contributed by atoms with Crippen LogP contribution in [0.2, 0.25) is 0 Å². The zero-order chi connectivity index (χ0) is 14.5. The maximum atomic E-state index is 5.32. The van der Waals surface area contributed by atoms with E-state index in [4.69, 9.17) is 9.47 Å². The highest BCUT2D eigenvalue weighted by molar-refractivity contribution is 5.62. The molecule has 0 amide bonds. The monoisotopic (exact) mass is 273 g/mol. The van der Waals surface area contributed by atoms with Gasteiger partial charge in [-0.1, -0.05) is 6.92 Å². The Balaban J connectivity index is 2.50. The summed E-state index contributed by atoms with van der Waals surface area (Å²) < 4.78 is 10.6. The van der Waals surface area contributed by atoms with E-state index < -0.39 is 0 Å². The van der Waals surface area contributed by atoms with Gasteiger partial charge in [-0.15, -0.1) is 0 Å². The Morgan fingerprint density at radius 2 is 1.80 bits per heavy atom. The minimum absolute atomic E-state index is 0.668. The number of ether oxygens (including phenoxy) is 2. The molecule has 0 aliphatic rings. The first-order valence-corrected chi connectivity index (χ1v) is 6.50. The van der Waals surface area contributed by atoms with Crippen LogP contribution in [0.4, 0.5) is 5.82 Å². The summed E-state index contributed by atoms with van der Waals surface area (Å²) in [4.78, 5) is 9.04. The van der Waals surface area contributed by atoms with Crippen LogP contribution < -0.4 is 14.8 Å². The molecule has 0 aliphatic carbocycles. The zero-order valence-corrected chi connectivity index (χ0v) is 12.2. The first kappa shape index (κ1) is 14.1.